The van der Waals surface area contributed by atoms with Crippen LogP contribution in [0.4, 0.5) is 0 Å². The van der Waals surface area contributed by atoms with Crippen LogP contribution in [-0.4, -0.2) is 6.04 Å². The van der Waals surface area contributed by atoms with Crippen LogP contribution < -0.4 is 5.73 Å². The van der Waals surface area contributed by atoms with Crippen LogP contribution >= 0.6 is 0 Å². The minimum Gasteiger partial charge on any atom is -0.324 e. The van der Waals surface area contributed by atoms with E-state index in [2.05, 4.69) is 26.0 Å². The summed E-state index contributed by atoms with van der Waals surface area (Å²) in [6.45, 7) is 4.47. The quantitative estimate of drug-likeness (QED) is 0.557. The molecule has 1 nitrogen and oxygen atoms in total. The molecule has 0 aromatic rings. The molecule has 9 heavy (non-hydrogen) atoms. The monoisotopic (exact) mass is 125 g/mol. The van der Waals surface area contributed by atoms with E-state index >= 15 is 0 Å². The largest absolute Gasteiger partial charge is 0.324 e. The van der Waals surface area contributed by atoms with Gasteiger partial charge in [0, 0.05) is 6.04 Å². The molecule has 1 heteroatoms. The van der Waals surface area contributed by atoms with E-state index in [1.165, 1.54) is 6.42 Å². The maximum absolute atomic E-state index is 5.71. The predicted molar refractivity (Wildman–Crippen MR) is 40.1 cm³/mol. The first-order valence-electron chi connectivity index (χ1n) is 3.69. The van der Waals surface area contributed by atoms with E-state index in [1.807, 2.05) is 0 Å². The van der Waals surface area contributed by atoms with Crippen LogP contribution in [0.25, 0.3) is 0 Å². The third-order valence-electron chi connectivity index (χ3n) is 2.30. The predicted octanol–water partition coefficient (Wildman–Crippen LogP) is 1.55. The molecule has 0 aromatic heterocycles. The molecule has 52 valence electrons. The van der Waals surface area contributed by atoms with Crippen molar-refractivity contribution in [3.05, 3.63) is 12.2 Å². The molecule has 0 fully saturated rings. The molecule has 0 amide bonds. The lowest BCUT2D eigenvalue weighted by molar-refractivity contribution is 0.357. The standard InChI is InChI=1S/C8H15N/c1-3-6(2)7-4-5-8(7)9/h4-8H,3,9H2,1-2H3. The molecule has 3 unspecified atom stereocenters. The second kappa shape index (κ2) is 2.53. The molecular formula is C8H15N. The van der Waals surface area contributed by atoms with Crippen LogP contribution in [0.15, 0.2) is 12.2 Å². The average molecular weight is 125 g/mol. The van der Waals surface area contributed by atoms with E-state index < -0.39 is 0 Å². The number of nitrogens with two attached hydrogens (primary N) is 1. The highest BCUT2D eigenvalue weighted by molar-refractivity contribution is 5.13. The van der Waals surface area contributed by atoms with Gasteiger partial charge in [0.25, 0.3) is 0 Å². The Morgan fingerprint density at radius 3 is 2.33 bits per heavy atom. The molecule has 1 aliphatic rings. The molecule has 0 spiro atoms. The fourth-order valence-electron chi connectivity index (χ4n) is 1.21. The first-order chi connectivity index (χ1) is 4.25. The van der Waals surface area contributed by atoms with Crippen LogP contribution in [0.5, 0.6) is 0 Å². The third-order valence-corrected chi connectivity index (χ3v) is 2.30. The van der Waals surface area contributed by atoms with Gasteiger partial charge in [0.15, 0.2) is 0 Å². The maximum atomic E-state index is 5.71. The summed E-state index contributed by atoms with van der Waals surface area (Å²) in [5.74, 6) is 1.43. The Balaban J connectivity index is 2.37. The van der Waals surface area contributed by atoms with E-state index in [1.54, 1.807) is 0 Å². The molecule has 0 saturated heterocycles. The summed E-state index contributed by atoms with van der Waals surface area (Å²) in [6, 6.07) is 0.347. The van der Waals surface area contributed by atoms with Gasteiger partial charge in [0.2, 0.25) is 0 Å². The van der Waals surface area contributed by atoms with Crippen LogP contribution in [0, 0.1) is 11.8 Å². The first kappa shape index (κ1) is 6.81. The van der Waals surface area contributed by atoms with Gasteiger partial charge in [-0.05, 0) is 11.8 Å². The summed E-state index contributed by atoms with van der Waals surface area (Å²) in [4.78, 5) is 0. The van der Waals surface area contributed by atoms with Gasteiger partial charge in [0.1, 0.15) is 0 Å². The highest BCUT2D eigenvalue weighted by Crippen LogP contribution is 2.26. The molecule has 1 aliphatic carbocycles. The molecule has 0 bridgehead atoms. The van der Waals surface area contributed by atoms with Crippen molar-refractivity contribution in [2.75, 3.05) is 0 Å². The lowest BCUT2D eigenvalue weighted by atomic mass is 9.79. The topological polar surface area (TPSA) is 26.0 Å². The maximum Gasteiger partial charge on any atom is 0.0290 e. The van der Waals surface area contributed by atoms with Crippen molar-refractivity contribution >= 4 is 0 Å². The van der Waals surface area contributed by atoms with Gasteiger partial charge in [-0.15, -0.1) is 0 Å². The summed E-state index contributed by atoms with van der Waals surface area (Å²) in [7, 11) is 0. The highest BCUT2D eigenvalue weighted by Gasteiger charge is 2.24. The Morgan fingerprint density at radius 2 is 2.22 bits per heavy atom. The summed E-state index contributed by atoms with van der Waals surface area (Å²) < 4.78 is 0. The van der Waals surface area contributed by atoms with Crippen molar-refractivity contribution in [3.63, 3.8) is 0 Å². The number of hydrogen-bond acceptors (Lipinski definition) is 1. The minimum atomic E-state index is 0.347. The number of rotatable bonds is 2. The van der Waals surface area contributed by atoms with Crippen molar-refractivity contribution in [1.29, 1.82) is 0 Å². The van der Waals surface area contributed by atoms with Crippen molar-refractivity contribution < 1.29 is 0 Å². The van der Waals surface area contributed by atoms with Crippen LogP contribution in [0.1, 0.15) is 20.3 Å². The van der Waals surface area contributed by atoms with Crippen LogP contribution in [-0.2, 0) is 0 Å². The zero-order valence-electron chi connectivity index (χ0n) is 6.17. The fraction of sp³-hybridized carbons (Fsp3) is 0.750. The Morgan fingerprint density at radius 1 is 1.56 bits per heavy atom. The van der Waals surface area contributed by atoms with Crippen LogP contribution in [0.2, 0.25) is 0 Å². The summed E-state index contributed by atoms with van der Waals surface area (Å²) in [5.41, 5.74) is 5.71. The fourth-order valence-corrected chi connectivity index (χ4v) is 1.21. The van der Waals surface area contributed by atoms with Gasteiger partial charge < -0.3 is 5.73 Å². The van der Waals surface area contributed by atoms with Crippen molar-refractivity contribution in [3.8, 4) is 0 Å². The van der Waals surface area contributed by atoms with E-state index in [-0.39, 0.29) is 0 Å². The summed E-state index contributed by atoms with van der Waals surface area (Å²) in [5, 5.41) is 0. The van der Waals surface area contributed by atoms with Crippen LogP contribution in [0.3, 0.4) is 0 Å². The highest BCUT2D eigenvalue weighted by atomic mass is 14.7. The normalized spacial score (nSPS) is 35.9. The van der Waals surface area contributed by atoms with Gasteiger partial charge in [-0.25, -0.2) is 0 Å². The van der Waals surface area contributed by atoms with Gasteiger partial charge in [-0.2, -0.15) is 0 Å². The van der Waals surface area contributed by atoms with Crippen molar-refractivity contribution in [2.24, 2.45) is 17.6 Å². The zero-order valence-corrected chi connectivity index (χ0v) is 6.17. The van der Waals surface area contributed by atoms with E-state index in [0.717, 1.165) is 5.92 Å². The smallest absolute Gasteiger partial charge is 0.0290 e. The molecule has 0 aromatic carbocycles. The van der Waals surface area contributed by atoms with Gasteiger partial charge in [-0.3, -0.25) is 0 Å². The molecule has 1 rings (SSSR count). The first-order valence-corrected chi connectivity index (χ1v) is 3.69. The summed E-state index contributed by atoms with van der Waals surface area (Å²) in [6.07, 6.45) is 5.54. The lowest BCUT2D eigenvalue weighted by Crippen LogP contribution is -2.37. The minimum absolute atomic E-state index is 0.347. The number of hydrogen-bond donors (Lipinski definition) is 1. The van der Waals surface area contributed by atoms with E-state index in [4.69, 9.17) is 5.73 Å². The van der Waals surface area contributed by atoms with Gasteiger partial charge in [0.05, 0.1) is 0 Å². The molecule has 0 saturated carbocycles. The molecule has 2 N–H and O–H groups in total. The Hall–Kier alpha value is -0.300. The van der Waals surface area contributed by atoms with Gasteiger partial charge in [-0.1, -0.05) is 32.4 Å². The molecule has 0 aliphatic heterocycles. The van der Waals surface area contributed by atoms with E-state index in [0.29, 0.717) is 12.0 Å². The van der Waals surface area contributed by atoms with E-state index in [9.17, 15) is 0 Å². The Kier molecular flexibility index (Phi) is 1.91. The second-order valence-electron chi connectivity index (χ2n) is 2.93. The lowest BCUT2D eigenvalue weighted by Gasteiger charge is -2.30. The SMILES string of the molecule is CCC(C)C1C=CC1N. The second-order valence-corrected chi connectivity index (χ2v) is 2.93. The molecule has 0 heterocycles. The van der Waals surface area contributed by atoms with Crippen molar-refractivity contribution in [1.82, 2.24) is 0 Å². The molecular weight excluding hydrogens is 110 g/mol. The molecule has 3 atom stereocenters. The van der Waals surface area contributed by atoms with Crippen molar-refractivity contribution in [2.45, 2.75) is 26.3 Å². The Bertz CT molecular complexity index is 118. The summed E-state index contributed by atoms with van der Waals surface area (Å²) >= 11 is 0. The average Bonchev–Trinajstić information content (AvgIpc) is 1.84. The Labute approximate surface area is 56.9 Å². The zero-order chi connectivity index (χ0) is 6.85. The third kappa shape index (κ3) is 1.16. The van der Waals surface area contributed by atoms with Gasteiger partial charge >= 0.3 is 0 Å². The molecule has 0 radical (unpaired) electrons.